The van der Waals surface area contributed by atoms with Gasteiger partial charge in [0.15, 0.2) is 6.29 Å². The zero-order chi connectivity index (χ0) is 20.2. The second-order valence-electron chi connectivity index (χ2n) is 11.6. The second kappa shape index (κ2) is 7.76. The van der Waals surface area contributed by atoms with E-state index in [-0.39, 0.29) is 18.5 Å². The van der Waals surface area contributed by atoms with Crippen LogP contribution in [0, 0.1) is 34.5 Å². The quantitative estimate of drug-likeness (QED) is 0.726. The molecule has 5 fully saturated rings. The van der Waals surface area contributed by atoms with Crippen LogP contribution in [0.4, 0.5) is 0 Å². The van der Waals surface area contributed by atoms with Gasteiger partial charge in [-0.3, -0.25) is 0 Å². The van der Waals surface area contributed by atoms with Gasteiger partial charge in [0.2, 0.25) is 0 Å². The number of hydrogen-bond acceptors (Lipinski definition) is 4. The molecule has 0 amide bonds. The molecule has 0 spiro atoms. The van der Waals surface area contributed by atoms with Crippen LogP contribution in [0.25, 0.3) is 0 Å². The molecule has 5 rings (SSSR count). The Balaban J connectivity index is 1.36. The lowest BCUT2D eigenvalue weighted by Gasteiger charge is -2.60. The number of aliphatic hydroxyl groups is 1. The molecule has 0 aromatic carbocycles. The summed E-state index contributed by atoms with van der Waals surface area (Å²) in [6.45, 7) is 6.00. The molecule has 4 heteroatoms. The van der Waals surface area contributed by atoms with Gasteiger partial charge in [-0.05, 0) is 112 Å². The fourth-order valence-electron chi connectivity index (χ4n) is 8.89. The third kappa shape index (κ3) is 3.32. The maximum absolute atomic E-state index is 10.3. The number of likely N-dealkylation sites (N-methyl/N-ethyl adjacent to an activating group) is 1. The average Bonchev–Trinajstić information content (AvgIpc) is 3.00. The largest absolute Gasteiger partial charge is 0.393 e. The highest BCUT2D eigenvalue weighted by Crippen LogP contribution is 2.66. The smallest absolute Gasteiger partial charge is 0.158 e. The van der Waals surface area contributed by atoms with Crippen LogP contribution in [0.5, 0.6) is 0 Å². The third-order valence-electron chi connectivity index (χ3n) is 10.4. The van der Waals surface area contributed by atoms with E-state index >= 15 is 0 Å². The average molecular weight is 406 g/mol. The second-order valence-corrected chi connectivity index (χ2v) is 11.6. The van der Waals surface area contributed by atoms with Crippen LogP contribution in [0.15, 0.2) is 0 Å². The van der Waals surface area contributed by atoms with Gasteiger partial charge in [0.1, 0.15) is 0 Å². The van der Waals surface area contributed by atoms with Gasteiger partial charge in [-0.1, -0.05) is 13.8 Å². The molecule has 2 N–H and O–H groups in total. The van der Waals surface area contributed by atoms with Crippen LogP contribution in [-0.4, -0.2) is 43.3 Å². The summed E-state index contributed by atoms with van der Waals surface area (Å²) in [6.07, 6.45) is 13.6. The Morgan fingerprint density at radius 1 is 0.931 bits per heavy atom. The molecule has 10 atom stereocenters. The predicted molar refractivity (Wildman–Crippen MR) is 114 cm³/mol. The van der Waals surface area contributed by atoms with Crippen LogP contribution < -0.4 is 5.32 Å². The highest BCUT2D eigenvalue weighted by atomic mass is 16.7. The van der Waals surface area contributed by atoms with Crippen molar-refractivity contribution in [1.29, 1.82) is 0 Å². The summed E-state index contributed by atoms with van der Waals surface area (Å²) in [7, 11) is 2.14. The summed E-state index contributed by atoms with van der Waals surface area (Å²) in [4.78, 5) is 0. The Hall–Kier alpha value is -0.160. The van der Waals surface area contributed by atoms with Crippen molar-refractivity contribution < 1.29 is 14.6 Å². The maximum atomic E-state index is 10.3. The highest BCUT2D eigenvalue weighted by molar-refractivity contribution is 5.13. The van der Waals surface area contributed by atoms with Crippen molar-refractivity contribution >= 4 is 0 Å². The van der Waals surface area contributed by atoms with Crippen LogP contribution in [0.1, 0.15) is 84.5 Å². The molecule has 0 aromatic heterocycles. The van der Waals surface area contributed by atoms with E-state index in [1.54, 1.807) is 0 Å². The molecule has 0 bridgehead atoms. The normalized spacial score (nSPS) is 55.0. The molecule has 29 heavy (non-hydrogen) atoms. The summed E-state index contributed by atoms with van der Waals surface area (Å²) in [5.74, 6) is 3.17. The molecule has 1 aliphatic heterocycles. The summed E-state index contributed by atoms with van der Waals surface area (Å²) < 4.78 is 12.6. The van der Waals surface area contributed by atoms with Gasteiger partial charge >= 0.3 is 0 Å². The number of ether oxygens (including phenoxy) is 2. The van der Waals surface area contributed by atoms with Gasteiger partial charge in [0.05, 0.1) is 12.2 Å². The molecule has 5 aliphatic rings. The lowest BCUT2D eigenvalue weighted by Crippen LogP contribution is -2.56. The number of rotatable bonds is 3. The van der Waals surface area contributed by atoms with Gasteiger partial charge in [-0.15, -0.1) is 0 Å². The molecule has 4 saturated carbocycles. The number of nitrogens with one attached hydrogen (secondary N) is 1. The van der Waals surface area contributed by atoms with Crippen LogP contribution in [-0.2, 0) is 9.47 Å². The monoisotopic (exact) mass is 405 g/mol. The van der Waals surface area contributed by atoms with Gasteiger partial charge in [0.25, 0.3) is 0 Å². The summed E-state index contributed by atoms with van der Waals surface area (Å²) in [5.41, 5.74) is 0.788. The molecule has 0 radical (unpaired) electrons. The standard InChI is InChI=1S/C25H43NO3/c1-24-11-9-17(27)14-16(24)7-8-18-19(24)10-12-25(2)20(18)15-21(23(25)26-3)29-22-6-4-5-13-28-22/h16-23,26-27H,4-15H2,1-3H3/t16-,17-,18+,19-,20-,21+,22?,23-,24-,25-/m0/s1. The Morgan fingerprint density at radius 3 is 2.52 bits per heavy atom. The van der Waals surface area contributed by atoms with Crippen LogP contribution in [0.2, 0.25) is 0 Å². The molecule has 1 heterocycles. The Morgan fingerprint density at radius 2 is 1.76 bits per heavy atom. The first-order valence-corrected chi connectivity index (χ1v) is 12.6. The van der Waals surface area contributed by atoms with E-state index in [9.17, 15) is 5.11 Å². The fourth-order valence-corrected chi connectivity index (χ4v) is 8.89. The number of hydrogen-bond donors (Lipinski definition) is 2. The van der Waals surface area contributed by atoms with E-state index in [1.165, 1.54) is 51.4 Å². The van der Waals surface area contributed by atoms with E-state index in [0.29, 0.717) is 16.9 Å². The lowest BCUT2D eigenvalue weighted by molar-refractivity contribution is -0.192. The van der Waals surface area contributed by atoms with Crippen molar-refractivity contribution in [2.45, 2.75) is 109 Å². The molecule has 1 saturated heterocycles. The minimum absolute atomic E-state index is 0.0113. The van der Waals surface area contributed by atoms with Gasteiger partial charge in [-0.25, -0.2) is 0 Å². The lowest BCUT2D eigenvalue weighted by atomic mass is 9.45. The van der Waals surface area contributed by atoms with Crippen molar-refractivity contribution in [3.8, 4) is 0 Å². The van der Waals surface area contributed by atoms with Gasteiger partial charge in [-0.2, -0.15) is 0 Å². The van der Waals surface area contributed by atoms with E-state index < -0.39 is 0 Å². The zero-order valence-electron chi connectivity index (χ0n) is 18.9. The molecule has 1 unspecified atom stereocenters. The first kappa shape index (κ1) is 20.7. The van der Waals surface area contributed by atoms with Crippen molar-refractivity contribution in [1.82, 2.24) is 5.32 Å². The summed E-state index contributed by atoms with van der Waals surface area (Å²) in [6, 6.07) is 0.442. The number of aliphatic hydroxyl groups excluding tert-OH is 1. The summed E-state index contributed by atoms with van der Waals surface area (Å²) >= 11 is 0. The van der Waals surface area contributed by atoms with Crippen molar-refractivity contribution in [3.63, 3.8) is 0 Å². The fraction of sp³-hybridized carbons (Fsp3) is 1.00. The van der Waals surface area contributed by atoms with Crippen LogP contribution >= 0.6 is 0 Å². The first-order chi connectivity index (χ1) is 14.0. The third-order valence-corrected chi connectivity index (χ3v) is 10.4. The SMILES string of the molecule is CN[C@H]1[C@H](OC2CCCCO2)C[C@H]2[C@@H]3CC[C@H]4C[C@@H](O)CC[C@]4(C)[C@H]3CC[C@@]21C. The molecule has 166 valence electrons. The molecular weight excluding hydrogens is 362 g/mol. The van der Waals surface area contributed by atoms with Gasteiger partial charge in [0, 0.05) is 12.6 Å². The molecule has 4 nitrogen and oxygen atoms in total. The molecule has 4 aliphatic carbocycles. The first-order valence-electron chi connectivity index (χ1n) is 12.6. The number of fused-ring (bicyclic) bond motifs is 5. The van der Waals surface area contributed by atoms with Crippen LogP contribution in [0.3, 0.4) is 0 Å². The predicted octanol–water partition coefficient (Wildman–Crippen LogP) is 4.50. The molecule has 0 aromatic rings. The van der Waals surface area contributed by atoms with Crippen molar-refractivity contribution in [2.24, 2.45) is 34.5 Å². The topological polar surface area (TPSA) is 50.7 Å². The summed E-state index contributed by atoms with van der Waals surface area (Å²) in [5, 5.41) is 14.0. The van der Waals surface area contributed by atoms with Crippen molar-refractivity contribution in [2.75, 3.05) is 13.7 Å². The van der Waals surface area contributed by atoms with E-state index in [1.807, 2.05) is 0 Å². The highest BCUT2D eigenvalue weighted by Gasteiger charge is 2.62. The minimum atomic E-state index is -0.0492. The van der Waals surface area contributed by atoms with E-state index in [4.69, 9.17) is 9.47 Å². The Bertz CT molecular complexity index is 593. The van der Waals surface area contributed by atoms with E-state index in [0.717, 1.165) is 49.5 Å². The zero-order valence-corrected chi connectivity index (χ0v) is 18.9. The molecular formula is C25H43NO3. The van der Waals surface area contributed by atoms with E-state index in [2.05, 4.69) is 26.2 Å². The maximum Gasteiger partial charge on any atom is 0.158 e. The van der Waals surface area contributed by atoms with Gasteiger partial charge < -0.3 is 19.9 Å². The van der Waals surface area contributed by atoms with Crippen molar-refractivity contribution in [3.05, 3.63) is 0 Å². The minimum Gasteiger partial charge on any atom is -0.393 e. The Kier molecular flexibility index (Phi) is 5.55. The Labute approximate surface area is 177 Å².